The number of rotatable bonds is 3. The summed E-state index contributed by atoms with van der Waals surface area (Å²) in [7, 11) is 1.38. The lowest BCUT2D eigenvalue weighted by atomic mass is 9.91. The zero-order chi connectivity index (χ0) is 16.0. The van der Waals surface area contributed by atoms with E-state index in [4.69, 9.17) is 10.6 Å². The number of likely N-dealkylation sites (N-methyl/N-ethyl adjacent to an activating group) is 1. The van der Waals surface area contributed by atoms with Gasteiger partial charge in [-0.3, -0.25) is 24.1 Å². The van der Waals surface area contributed by atoms with Gasteiger partial charge in [0.2, 0.25) is 11.8 Å². The van der Waals surface area contributed by atoms with E-state index in [1.165, 1.54) is 36.4 Å². The first-order valence-electron chi connectivity index (χ1n) is 6.68. The summed E-state index contributed by atoms with van der Waals surface area (Å²) in [6.45, 7) is -0.265. The van der Waals surface area contributed by atoms with Crippen molar-refractivity contribution in [3.8, 4) is 0 Å². The van der Waals surface area contributed by atoms with Gasteiger partial charge < -0.3 is 5.73 Å². The van der Waals surface area contributed by atoms with E-state index >= 15 is 0 Å². The van der Waals surface area contributed by atoms with Crippen molar-refractivity contribution in [2.24, 2.45) is 11.7 Å². The summed E-state index contributed by atoms with van der Waals surface area (Å²) in [4.78, 5) is 42.0. The number of imide groups is 1. The van der Waals surface area contributed by atoms with Gasteiger partial charge >= 0.3 is 0 Å². The molecule has 3 atom stereocenters. The molecular weight excluding hydrogens is 293 g/mol. The Morgan fingerprint density at radius 2 is 1.91 bits per heavy atom. The van der Waals surface area contributed by atoms with Gasteiger partial charge in [-0.25, -0.2) is 4.39 Å². The second-order valence-electron chi connectivity index (χ2n) is 5.33. The summed E-state index contributed by atoms with van der Waals surface area (Å²) in [6.07, 6.45) is -0.980. The molecule has 0 saturated carbocycles. The normalized spacial score (nSPS) is 28.3. The van der Waals surface area contributed by atoms with Crippen molar-refractivity contribution in [3.05, 3.63) is 35.6 Å². The van der Waals surface area contributed by atoms with Crippen LogP contribution in [0.4, 0.5) is 4.39 Å². The average Bonchev–Trinajstić information content (AvgIpc) is 2.92. The number of hydrogen-bond donors (Lipinski definition) is 1. The summed E-state index contributed by atoms with van der Waals surface area (Å²) >= 11 is 0. The lowest BCUT2D eigenvalue weighted by Gasteiger charge is -2.25. The number of halogens is 1. The number of benzene rings is 1. The number of nitrogens with zero attached hydrogens (tertiary/aromatic N) is 2. The first-order chi connectivity index (χ1) is 10.4. The molecule has 116 valence electrons. The van der Waals surface area contributed by atoms with E-state index in [1.807, 2.05) is 0 Å². The fourth-order valence-corrected chi connectivity index (χ4v) is 2.93. The molecule has 1 aromatic rings. The number of hydrogen-bond acceptors (Lipinski definition) is 5. The minimum absolute atomic E-state index is 0.265. The highest BCUT2D eigenvalue weighted by Gasteiger charge is 2.58. The molecule has 22 heavy (non-hydrogen) atoms. The Bertz CT molecular complexity index is 648. The van der Waals surface area contributed by atoms with Crippen molar-refractivity contribution in [1.29, 1.82) is 0 Å². The van der Waals surface area contributed by atoms with Crippen LogP contribution in [0.2, 0.25) is 0 Å². The topological polar surface area (TPSA) is 92.9 Å². The quantitative estimate of drug-likeness (QED) is 0.766. The van der Waals surface area contributed by atoms with E-state index < -0.39 is 41.6 Å². The van der Waals surface area contributed by atoms with Crippen molar-refractivity contribution in [2.75, 3.05) is 13.6 Å². The molecule has 2 aliphatic heterocycles. The molecule has 2 aliphatic rings. The molecule has 2 heterocycles. The first-order valence-corrected chi connectivity index (χ1v) is 6.68. The number of likely N-dealkylation sites (tertiary alicyclic amines) is 1. The monoisotopic (exact) mass is 307 g/mol. The zero-order valence-corrected chi connectivity index (χ0v) is 11.7. The summed E-state index contributed by atoms with van der Waals surface area (Å²) in [5, 5.41) is 1.23. The molecule has 2 saturated heterocycles. The molecular formula is C14H14FN3O4. The van der Waals surface area contributed by atoms with Crippen molar-refractivity contribution in [1.82, 2.24) is 9.96 Å². The number of nitrogens with two attached hydrogens (primary N) is 1. The Balaban J connectivity index is 2.00. The summed E-state index contributed by atoms with van der Waals surface area (Å²) < 4.78 is 13.1. The minimum Gasteiger partial charge on any atom is -0.368 e. The van der Waals surface area contributed by atoms with Gasteiger partial charge in [-0.15, -0.1) is 0 Å². The van der Waals surface area contributed by atoms with Crippen LogP contribution in [0.15, 0.2) is 24.3 Å². The van der Waals surface area contributed by atoms with E-state index in [2.05, 4.69) is 0 Å². The molecule has 7 nitrogen and oxygen atoms in total. The summed E-state index contributed by atoms with van der Waals surface area (Å²) in [6, 6.07) is 4.82. The molecule has 2 fully saturated rings. The van der Waals surface area contributed by atoms with Crippen LogP contribution < -0.4 is 5.73 Å². The molecule has 3 unspecified atom stereocenters. The molecule has 2 N–H and O–H groups in total. The number of carbonyl (C=O) groups excluding carboxylic acids is 3. The highest BCUT2D eigenvalue weighted by Crippen LogP contribution is 2.43. The maximum atomic E-state index is 13.1. The minimum atomic E-state index is -0.980. The molecule has 8 heteroatoms. The van der Waals surface area contributed by atoms with E-state index in [-0.39, 0.29) is 6.54 Å². The third kappa shape index (κ3) is 2.16. The highest BCUT2D eigenvalue weighted by atomic mass is 19.1. The number of amides is 3. The number of hydroxylamine groups is 2. The van der Waals surface area contributed by atoms with Crippen LogP contribution in [0.3, 0.4) is 0 Å². The first kappa shape index (κ1) is 14.6. The Morgan fingerprint density at radius 3 is 2.50 bits per heavy atom. The van der Waals surface area contributed by atoms with Crippen LogP contribution in [-0.2, 0) is 19.2 Å². The zero-order valence-electron chi connectivity index (χ0n) is 11.7. The molecule has 0 radical (unpaired) electrons. The Labute approximate surface area is 125 Å². The number of primary amides is 1. The maximum absolute atomic E-state index is 13.1. The largest absolute Gasteiger partial charge is 0.368 e. The van der Waals surface area contributed by atoms with E-state index in [0.29, 0.717) is 5.56 Å². The third-order valence-corrected chi connectivity index (χ3v) is 3.94. The maximum Gasteiger partial charge on any atom is 0.261 e. The van der Waals surface area contributed by atoms with Gasteiger partial charge in [-0.1, -0.05) is 12.1 Å². The van der Waals surface area contributed by atoms with Crippen LogP contribution in [0.5, 0.6) is 0 Å². The van der Waals surface area contributed by atoms with Gasteiger partial charge in [-0.2, -0.15) is 5.06 Å². The standard InChI is InChI=1S/C14H14FN3O4/c1-17-13(20)10-11(7-2-4-8(15)5-3-7)18(6-9(16)19)22-12(10)14(17)21/h2-5,10-12H,6H2,1H3,(H2,16,19). The SMILES string of the molecule is CN1C(=O)C2ON(CC(N)=O)C(c3ccc(F)cc3)C2C1=O. The van der Waals surface area contributed by atoms with Gasteiger partial charge in [0.25, 0.3) is 5.91 Å². The fourth-order valence-electron chi connectivity index (χ4n) is 2.93. The second kappa shape index (κ2) is 5.15. The lowest BCUT2D eigenvalue weighted by Crippen LogP contribution is -2.38. The van der Waals surface area contributed by atoms with E-state index in [9.17, 15) is 18.8 Å². The predicted molar refractivity (Wildman–Crippen MR) is 71.2 cm³/mol. The van der Waals surface area contributed by atoms with Crippen LogP contribution in [0, 0.1) is 11.7 Å². The van der Waals surface area contributed by atoms with Gasteiger partial charge in [0, 0.05) is 7.05 Å². The smallest absolute Gasteiger partial charge is 0.261 e. The Hall–Kier alpha value is -2.32. The molecule has 1 aromatic carbocycles. The lowest BCUT2D eigenvalue weighted by molar-refractivity contribution is -0.181. The Morgan fingerprint density at radius 1 is 1.27 bits per heavy atom. The highest BCUT2D eigenvalue weighted by molar-refractivity contribution is 6.07. The van der Waals surface area contributed by atoms with Crippen molar-refractivity contribution >= 4 is 17.7 Å². The fraction of sp³-hybridized carbons (Fsp3) is 0.357. The molecule has 0 aromatic heterocycles. The van der Waals surface area contributed by atoms with Gasteiger partial charge in [-0.05, 0) is 17.7 Å². The average molecular weight is 307 g/mol. The molecule has 0 bridgehead atoms. The van der Waals surface area contributed by atoms with Crippen LogP contribution >= 0.6 is 0 Å². The molecule has 3 amide bonds. The van der Waals surface area contributed by atoms with Crippen molar-refractivity contribution in [3.63, 3.8) is 0 Å². The third-order valence-electron chi connectivity index (χ3n) is 3.94. The van der Waals surface area contributed by atoms with Crippen LogP contribution in [0.25, 0.3) is 0 Å². The van der Waals surface area contributed by atoms with Gasteiger partial charge in [0.15, 0.2) is 6.10 Å². The van der Waals surface area contributed by atoms with Crippen molar-refractivity contribution in [2.45, 2.75) is 12.1 Å². The van der Waals surface area contributed by atoms with Crippen LogP contribution in [0.1, 0.15) is 11.6 Å². The number of carbonyl (C=O) groups is 3. The molecule has 0 aliphatic carbocycles. The van der Waals surface area contributed by atoms with E-state index in [0.717, 1.165) is 4.90 Å². The molecule has 0 spiro atoms. The van der Waals surface area contributed by atoms with Gasteiger partial charge in [0.1, 0.15) is 12.4 Å². The summed E-state index contributed by atoms with van der Waals surface area (Å²) in [5.41, 5.74) is 5.76. The molecule has 3 rings (SSSR count). The van der Waals surface area contributed by atoms with Crippen LogP contribution in [-0.4, -0.2) is 47.4 Å². The van der Waals surface area contributed by atoms with E-state index in [1.54, 1.807) is 0 Å². The van der Waals surface area contributed by atoms with Crippen molar-refractivity contribution < 1.29 is 23.6 Å². The Kier molecular flexibility index (Phi) is 3.42. The second-order valence-corrected chi connectivity index (χ2v) is 5.33. The number of fused-ring (bicyclic) bond motifs is 1. The van der Waals surface area contributed by atoms with Gasteiger partial charge in [0.05, 0.1) is 12.0 Å². The predicted octanol–water partition coefficient (Wildman–Crippen LogP) is -0.417. The summed E-state index contributed by atoms with van der Waals surface area (Å²) in [5.74, 6) is -2.71.